The van der Waals surface area contributed by atoms with Crippen LogP contribution in [0.2, 0.25) is 0 Å². The number of carbonyl (C=O) groups excluding carboxylic acids is 1. The molecule has 0 aliphatic carbocycles. The van der Waals surface area contributed by atoms with E-state index < -0.39 is 0 Å². The predicted molar refractivity (Wildman–Crippen MR) is 84.3 cm³/mol. The SMILES string of the molecule is CCN(Cc1ccco1)C(=O)c1ccccc1NC(C)C. The zero-order valence-corrected chi connectivity index (χ0v) is 12.8. The van der Waals surface area contributed by atoms with Gasteiger partial charge in [0.15, 0.2) is 0 Å². The largest absolute Gasteiger partial charge is 0.467 e. The van der Waals surface area contributed by atoms with Gasteiger partial charge < -0.3 is 14.6 Å². The molecule has 1 amide bonds. The molecule has 2 aromatic rings. The molecule has 0 saturated heterocycles. The molecule has 0 spiro atoms. The molecule has 1 aromatic heterocycles. The van der Waals surface area contributed by atoms with Crippen molar-refractivity contribution < 1.29 is 9.21 Å². The van der Waals surface area contributed by atoms with Gasteiger partial charge in [-0.05, 0) is 45.0 Å². The number of benzene rings is 1. The van der Waals surface area contributed by atoms with Crippen LogP contribution in [0.25, 0.3) is 0 Å². The Labute approximate surface area is 125 Å². The Hall–Kier alpha value is -2.23. The van der Waals surface area contributed by atoms with Crippen LogP contribution in [0.4, 0.5) is 5.69 Å². The number of hydrogen-bond acceptors (Lipinski definition) is 3. The number of furan rings is 1. The summed E-state index contributed by atoms with van der Waals surface area (Å²) in [5.41, 5.74) is 1.56. The topological polar surface area (TPSA) is 45.5 Å². The highest BCUT2D eigenvalue weighted by Gasteiger charge is 2.18. The van der Waals surface area contributed by atoms with Gasteiger partial charge in [0.05, 0.1) is 18.4 Å². The van der Waals surface area contributed by atoms with Crippen LogP contribution >= 0.6 is 0 Å². The van der Waals surface area contributed by atoms with Crippen LogP contribution in [0.15, 0.2) is 47.1 Å². The maximum absolute atomic E-state index is 12.7. The van der Waals surface area contributed by atoms with Gasteiger partial charge in [0.2, 0.25) is 0 Å². The Bertz CT molecular complexity index is 576. The number of amides is 1. The summed E-state index contributed by atoms with van der Waals surface area (Å²) in [5, 5.41) is 3.32. The van der Waals surface area contributed by atoms with Crippen LogP contribution in [0, 0.1) is 0 Å². The second-order valence-corrected chi connectivity index (χ2v) is 5.24. The number of nitrogens with zero attached hydrogens (tertiary/aromatic N) is 1. The highest BCUT2D eigenvalue weighted by atomic mass is 16.3. The Morgan fingerprint density at radius 2 is 2.00 bits per heavy atom. The predicted octanol–water partition coefficient (Wildman–Crippen LogP) is 3.76. The molecule has 0 radical (unpaired) electrons. The van der Waals surface area contributed by atoms with E-state index >= 15 is 0 Å². The van der Waals surface area contributed by atoms with Crippen molar-refractivity contribution in [3.05, 3.63) is 54.0 Å². The minimum absolute atomic E-state index is 0.0117. The lowest BCUT2D eigenvalue weighted by atomic mass is 10.1. The van der Waals surface area contributed by atoms with E-state index in [4.69, 9.17) is 4.42 Å². The van der Waals surface area contributed by atoms with Crippen LogP contribution in [-0.2, 0) is 6.54 Å². The van der Waals surface area contributed by atoms with Gasteiger partial charge >= 0.3 is 0 Å². The van der Waals surface area contributed by atoms with Gasteiger partial charge in [-0.3, -0.25) is 4.79 Å². The summed E-state index contributed by atoms with van der Waals surface area (Å²) in [6, 6.07) is 11.6. The van der Waals surface area contributed by atoms with E-state index in [-0.39, 0.29) is 11.9 Å². The Morgan fingerprint density at radius 1 is 1.24 bits per heavy atom. The maximum atomic E-state index is 12.7. The fourth-order valence-electron chi connectivity index (χ4n) is 2.19. The van der Waals surface area contributed by atoms with Crippen LogP contribution in [0.3, 0.4) is 0 Å². The van der Waals surface area contributed by atoms with Crippen molar-refractivity contribution in [2.45, 2.75) is 33.4 Å². The Morgan fingerprint density at radius 3 is 2.62 bits per heavy atom. The first-order chi connectivity index (χ1) is 10.1. The lowest BCUT2D eigenvalue weighted by molar-refractivity contribution is 0.0742. The summed E-state index contributed by atoms with van der Waals surface area (Å²) in [4.78, 5) is 14.5. The minimum Gasteiger partial charge on any atom is -0.467 e. The molecule has 0 atom stereocenters. The third-order valence-electron chi connectivity index (χ3n) is 3.20. The fraction of sp³-hybridized carbons (Fsp3) is 0.353. The summed E-state index contributed by atoms with van der Waals surface area (Å²) in [5.74, 6) is 0.803. The summed E-state index contributed by atoms with van der Waals surface area (Å²) in [6.45, 7) is 7.20. The van der Waals surface area contributed by atoms with E-state index in [1.165, 1.54) is 0 Å². The first-order valence-corrected chi connectivity index (χ1v) is 7.29. The molecular weight excluding hydrogens is 264 g/mol. The average molecular weight is 286 g/mol. The van der Waals surface area contributed by atoms with Crippen molar-refractivity contribution >= 4 is 11.6 Å². The van der Waals surface area contributed by atoms with Crippen molar-refractivity contribution in [3.8, 4) is 0 Å². The Balaban J connectivity index is 2.21. The van der Waals surface area contributed by atoms with E-state index in [0.717, 1.165) is 11.4 Å². The highest BCUT2D eigenvalue weighted by Crippen LogP contribution is 2.19. The molecule has 112 valence electrons. The third kappa shape index (κ3) is 3.88. The summed E-state index contributed by atoms with van der Waals surface area (Å²) < 4.78 is 5.34. The lowest BCUT2D eigenvalue weighted by Crippen LogP contribution is -2.31. The lowest BCUT2D eigenvalue weighted by Gasteiger charge is -2.22. The van der Waals surface area contributed by atoms with E-state index in [1.54, 1.807) is 11.2 Å². The minimum atomic E-state index is 0.0117. The molecule has 0 aliphatic heterocycles. The first kappa shape index (κ1) is 15.2. The Kier molecular flexibility index (Phi) is 5.04. The van der Waals surface area contributed by atoms with E-state index in [0.29, 0.717) is 18.7 Å². The number of para-hydroxylation sites is 1. The van der Waals surface area contributed by atoms with E-state index in [9.17, 15) is 4.79 Å². The normalized spacial score (nSPS) is 10.7. The van der Waals surface area contributed by atoms with Gasteiger partial charge in [-0.15, -0.1) is 0 Å². The van der Waals surface area contributed by atoms with Gasteiger partial charge in [-0.1, -0.05) is 12.1 Å². The van der Waals surface area contributed by atoms with Crippen LogP contribution in [0.5, 0.6) is 0 Å². The van der Waals surface area contributed by atoms with Gasteiger partial charge in [0.25, 0.3) is 5.91 Å². The molecule has 0 fully saturated rings. The highest BCUT2D eigenvalue weighted by molar-refractivity contribution is 5.99. The molecule has 0 unspecified atom stereocenters. The van der Waals surface area contributed by atoms with Gasteiger partial charge in [-0.25, -0.2) is 0 Å². The molecule has 4 heteroatoms. The summed E-state index contributed by atoms with van der Waals surface area (Å²) in [6.07, 6.45) is 1.63. The zero-order valence-electron chi connectivity index (χ0n) is 12.8. The summed E-state index contributed by atoms with van der Waals surface area (Å²) in [7, 11) is 0. The molecule has 1 N–H and O–H groups in total. The molecule has 0 aliphatic rings. The smallest absolute Gasteiger partial charge is 0.256 e. The molecular formula is C17H22N2O2. The second-order valence-electron chi connectivity index (χ2n) is 5.24. The number of nitrogens with one attached hydrogen (secondary N) is 1. The average Bonchev–Trinajstić information content (AvgIpc) is 2.97. The molecule has 1 aromatic carbocycles. The van der Waals surface area contributed by atoms with Crippen molar-refractivity contribution in [2.24, 2.45) is 0 Å². The van der Waals surface area contributed by atoms with Gasteiger partial charge in [0, 0.05) is 18.3 Å². The van der Waals surface area contributed by atoms with Crippen LogP contribution < -0.4 is 5.32 Å². The molecule has 2 rings (SSSR count). The molecule has 0 saturated carbocycles. The van der Waals surface area contributed by atoms with Crippen molar-refractivity contribution in [1.82, 2.24) is 4.90 Å². The van der Waals surface area contributed by atoms with Crippen LogP contribution in [0.1, 0.15) is 36.9 Å². The zero-order chi connectivity index (χ0) is 15.2. The second kappa shape index (κ2) is 6.97. The number of rotatable bonds is 6. The first-order valence-electron chi connectivity index (χ1n) is 7.29. The number of hydrogen-bond donors (Lipinski definition) is 1. The van der Waals surface area contributed by atoms with Gasteiger partial charge in [-0.2, -0.15) is 0 Å². The summed E-state index contributed by atoms with van der Waals surface area (Å²) >= 11 is 0. The fourth-order valence-corrected chi connectivity index (χ4v) is 2.19. The quantitative estimate of drug-likeness (QED) is 0.879. The maximum Gasteiger partial charge on any atom is 0.256 e. The molecule has 1 heterocycles. The molecule has 21 heavy (non-hydrogen) atoms. The van der Waals surface area contributed by atoms with Gasteiger partial charge in [0.1, 0.15) is 5.76 Å². The number of carbonyl (C=O) groups is 1. The van der Waals surface area contributed by atoms with Crippen molar-refractivity contribution in [3.63, 3.8) is 0 Å². The van der Waals surface area contributed by atoms with Crippen LogP contribution in [-0.4, -0.2) is 23.4 Å². The number of anilines is 1. The van der Waals surface area contributed by atoms with Crippen molar-refractivity contribution in [2.75, 3.05) is 11.9 Å². The van der Waals surface area contributed by atoms with E-state index in [1.807, 2.05) is 43.3 Å². The monoisotopic (exact) mass is 286 g/mol. The van der Waals surface area contributed by atoms with Crippen molar-refractivity contribution in [1.29, 1.82) is 0 Å². The molecule has 4 nitrogen and oxygen atoms in total. The molecule has 0 bridgehead atoms. The standard InChI is InChI=1S/C17H22N2O2/c1-4-19(12-14-8-7-11-21-14)17(20)15-9-5-6-10-16(15)18-13(2)3/h5-11,13,18H,4,12H2,1-3H3. The third-order valence-corrected chi connectivity index (χ3v) is 3.20. The van der Waals surface area contributed by atoms with E-state index in [2.05, 4.69) is 19.2 Å².